The van der Waals surface area contributed by atoms with Crippen LogP contribution in [-0.4, -0.2) is 123 Å². The fourth-order valence-corrected chi connectivity index (χ4v) is 4.45. The normalized spacial score (nSPS) is 13.9. The first-order valence-electron chi connectivity index (χ1n) is 14.0. The van der Waals surface area contributed by atoms with Gasteiger partial charge in [0.15, 0.2) is 0 Å². The Morgan fingerprint density at radius 1 is 0.875 bits per heavy atom. The molecule has 48 heavy (non-hydrogen) atoms. The Balaban J connectivity index is 0.000000570. The monoisotopic (exact) mass is 682 g/mol. The Labute approximate surface area is 270 Å². The molecule has 2 aromatic carbocycles. The molecule has 0 bridgehead atoms. The van der Waals surface area contributed by atoms with Crippen molar-refractivity contribution in [3.63, 3.8) is 0 Å². The molecule has 0 aliphatic carbocycles. The van der Waals surface area contributed by atoms with Gasteiger partial charge in [0.25, 0.3) is 5.91 Å². The predicted octanol–water partition coefficient (Wildman–Crippen LogP) is 1.65. The van der Waals surface area contributed by atoms with E-state index in [0.717, 1.165) is 48.7 Å². The number of pyridine rings is 1. The molecule has 6 N–H and O–H groups in total. The number of amides is 1. The maximum atomic E-state index is 13.1. The second kappa shape index (κ2) is 18.1. The van der Waals surface area contributed by atoms with Gasteiger partial charge in [-0.15, -0.1) is 0 Å². The molecule has 3 aromatic rings. The molecule has 18 heteroatoms. The van der Waals surface area contributed by atoms with Crippen molar-refractivity contribution in [2.45, 2.75) is 12.3 Å². The largest absolute Gasteiger partial charge is 0.497 e. The lowest BCUT2D eigenvalue weighted by atomic mass is 10.0. The summed E-state index contributed by atoms with van der Waals surface area (Å²) in [5.41, 5.74) is 0.278. The number of β-amino-alcohol motifs (C(OH)–C–C–N with tert-alkyl or cyclic N) is 1. The molecule has 0 unspecified atom stereocenters. The molecule has 2 heterocycles. The van der Waals surface area contributed by atoms with Crippen molar-refractivity contribution in [3.8, 4) is 5.75 Å². The van der Waals surface area contributed by atoms with Gasteiger partial charge >= 0.3 is 30.1 Å². The number of carboxylic acid groups (broad SMARTS) is 4. The van der Waals surface area contributed by atoms with Gasteiger partial charge in [0.1, 0.15) is 5.75 Å². The van der Waals surface area contributed by atoms with E-state index in [1.165, 1.54) is 18.2 Å². The maximum absolute atomic E-state index is 13.1. The fraction of sp³-hybridized carbons (Fsp3) is 0.333. The summed E-state index contributed by atoms with van der Waals surface area (Å²) in [6.07, 6.45) is -3.59. The lowest BCUT2D eigenvalue weighted by Gasteiger charge is -2.35. The number of benzene rings is 2. The summed E-state index contributed by atoms with van der Waals surface area (Å²) in [6.45, 7) is 4.17. The van der Waals surface area contributed by atoms with Gasteiger partial charge in [-0.25, -0.2) is 19.2 Å². The third-order valence-electron chi connectivity index (χ3n) is 6.79. The summed E-state index contributed by atoms with van der Waals surface area (Å²) in [5.74, 6) is -7.33. The molecule has 1 aromatic heterocycles. The zero-order chi connectivity index (χ0) is 36.0. The Morgan fingerprint density at radius 3 is 1.98 bits per heavy atom. The molecule has 1 amide bonds. The van der Waals surface area contributed by atoms with Gasteiger partial charge in [-0.05, 0) is 42.0 Å². The highest BCUT2D eigenvalue weighted by atomic mass is 19.4. The number of hydrogen-bond acceptors (Lipinski definition) is 10. The Hall–Kier alpha value is -5.33. The fourth-order valence-electron chi connectivity index (χ4n) is 4.45. The lowest BCUT2D eigenvalue weighted by Crippen LogP contribution is -2.49. The number of carbonyl (C=O) groups excluding carboxylic acids is 1. The van der Waals surface area contributed by atoms with E-state index in [1.807, 2.05) is 24.3 Å². The van der Waals surface area contributed by atoms with E-state index in [-0.39, 0.29) is 12.1 Å². The van der Waals surface area contributed by atoms with Crippen molar-refractivity contribution in [3.05, 3.63) is 71.4 Å². The van der Waals surface area contributed by atoms with Crippen LogP contribution < -0.4 is 10.1 Å². The zero-order valence-electron chi connectivity index (χ0n) is 25.4. The molecule has 1 atom stereocenters. The van der Waals surface area contributed by atoms with Crippen LogP contribution in [0.1, 0.15) is 27.6 Å². The minimum Gasteiger partial charge on any atom is -0.497 e. The number of hydrogen-bond donors (Lipinski definition) is 6. The van der Waals surface area contributed by atoms with E-state index in [9.17, 15) is 23.1 Å². The molecule has 4 rings (SSSR count). The topological polar surface area (TPSA) is 227 Å². The van der Waals surface area contributed by atoms with Crippen LogP contribution in [-0.2, 0) is 25.4 Å². The van der Waals surface area contributed by atoms with Crippen LogP contribution in [0.4, 0.5) is 13.2 Å². The van der Waals surface area contributed by atoms with Gasteiger partial charge in [-0.1, -0.05) is 12.1 Å². The number of fused-ring (bicyclic) bond motifs is 1. The molecule has 1 aliphatic heterocycles. The summed E-state index contributed by atoms with van der Waals surface area (Å²) in [5, 5.41) is 44.0. The number of halogens is 3. The highest BCUT2D eigenvalue weighted by Crippen LogP contribution is 2.32. The molecule has 1 aliphatic rings. The van der Waals surface area contributed by atoms with Gasteiger partial charge in [0.05, 0.1) is 29.9 Å². The number of aliphatic hydroxyl groups is 1. The smallest absolute Gasteiger partial charge is 0.417 e. The van der Waals surface area contributed by atoms with Gasteiger partial charge in [-0.3, -0.25) is 19.6 Å². The summed E-state index contributed by atoms with van der Waals surface area (Å²) in [6, 6.07) is 12.2. The van der Waals surface area contributed by atoms with Gasteiger partial charge in [0.2, 0.25) is 0 Å². The van der Waals surface area contributed by atoms with E-state index in [2.05, 4.69) is 20.1 Å². The maximum Gasteiger partial charge on any atom is 0.417 e. The third kappa shape index (κ3) is 12.1. The summed E-state index contributed by atoms with van der Waals surface area (Å²) >= 11 is 0. The minimum absolute atomic E-state index is 0.248. The van der Waals surface area contributed by atoms with Gasteiger partial charge < -0.3 is 35.6 Å². The van der Waals surface area contributed by atoms with Gasteiger partial charge in [-0.2, -0.15) is 13.2 Å². The van der Waals surface area contributed by atoms with Crippen LogP contribution >= 0.6 is 0 Å². The van der Waals surface area contributed by atoms with Crippen molar-refractivity contribution in [2.75, 3.05) is 52.9 Å². The van der Waals surface area contributed by atoms with Crippen molar-refractivity contribution in [1.29, 1.82) is 0 Å². The van der Waals surface area contributed by atoms with E-state index in [0.29, 0.717) is 18.8 Å². The third-order valence-corrected chi connectivity index (χ3v) is 6.79. The molecule has 0 saturated carbocycles. The van der Waals surface area contributed by atoms with E-state index in [4.69, 9.17) is 44.3 Å². The van der Waals surface area contributed by atoms with Crippen LogP contribution in [0.25, 0.3) is 10.9 Å². The number of aliphatic hydroxyl groups excluding tert-OH is 1. The Morgan fingerprint density at radius 2 is 1.44 bits per heavy atom. The number of carbonyl (C=O) groups is 5. The van der Waals surface area contributed by atoms with Crippen LogP contribution in [0.5, 0.6) is 5.75 Å². The number of nitrogens with one attached hydrogen (secondary N) is 1. The van der Waals surface area contributed by atoms with Crippen LogP contribution in [0.15, 0.2) is 54.7 Å². The second-order valence-electron chi connectivity index (χ2n) is 9.96. The molecule has 0 spiro atoms. The summed E-state index contributed by atoms with van der Waals surface area (Å²) in [4.78, 5) is 57.4. The highest BCUT2D eigenvalue weighted by molar-refractivity contribution is 6.27. The van der Waals surface area contributed by atoms with Crippen molar-refractivity contribution in [1.82, 2.24) is 20.1 Å². The Bertz CT molecular complexity index is 1550. The van der Waals surface area contributed by atoms with Crippen LogP contribution in [0.2, 0.25) is 0 Å². The van der Waals surface area contributed by atoms with E-state index >= 15 is 0 Å². The molecular formula is C30H33F3N4O11. The highest BCUT2D eigenvalue weighted by Gasteiger charge is 2.34. The number of ether oxygens (including phenoxy) is 1. The quantitative estimate of drug-likeness (QED) is 0.186. The number of aliphatic carboxylic acids is 4. The molecule has 1 saturated heterocycles. The average molecular weight is 683 g/mol. The number of rotatable bonds is 8. The molecule has 1 fully saturated rings. The summed E-state index contributed by atoms with van der Waals surface area (Å²) in [7, 11) is 1.60. The van der Waals surface area contributed by atoms with E-state index in [1.54, 1.807) is 13.3 Å². The first-order chi connectivity index (χ1) is 22.5. The number of aromatic nitrogens is 1. The van der Waals surface area contributed by atoms with Crippen molar-refractivity contribution in [2.24, 2.45) is 0 Å². The summed E-state index contributed by atoms with van der Waals surface area (Å²) < 4.78 is 44.8. The number of nitrogens with zero attached hydrogens (tertiary/aromatic N) is 3. The number of methoxy groups -OCH3 is 1. The predicted molar refractivity (Wildman–Crippen MR) is 160 cm³/mol. The lowest BCUT2D eigenvalue weighted by molar-refractivity contribution is -0.159. The number of alkyl halides is 3. The molecule has 0 radical (unpaired) electrons. The number of piperazine rings is 1. The molecular weight excluding hydrogens is 649 g/mol. The molecule has 15 nitrogen and oxygen atoms in total. The van der Waals surface area contributed by atoms with Gasteiger partial charge in [0, 0.05) is 57.4 Å². The average Bonchev–Trinajstić information content (AvgIpc) is 3.05. The SMILES string of the molecule is COc1ccc2nccc([C@@H](O)CN3CCN(CCNC(=O)c4ccccc4C(F)(F)F)CC3)c2c1.O=C(O)C(=O)O.O=C(O)C(=O)O. The minimum atomic E-state index is -4.58. The van der Waals surface area contributed by atoms with Crippen LogP contribution in [0, 0.1) is 0 Å². The first-order valence-corrected chi connectivity index (χ1v) is 14.0. The van der Waals surface area contributed by atoms with Crippen LogP contribution in [0.3, 0.4) is 0 Å². The van der Waals surface area contributed by atoms with Crippen molar-refractivity contribution < 1.29 is 67.4 Å². The van der Waals surface area contributed by atoms with Crippen molar-refractivity contribution >= 4 is 40.7 Å². The zero-order valence-corrected chi connectivity index (χ0v) is 25.4. The molecule has 260 valence electrons. The van der Waals surface area contributed by atoms with E-state index < -0.39 is 47.6 Å². The first kappa shape index (κ1) is 38.9. The Kier molecular flexibility index (Phi) is 14.7. The second-order valence-corrected chi connectivity index (χ2v) is 9.96. The standard InChI is InChI=1S/C26H29F3N4O3.2C2H2O4/c1-36-18-6-7-23-21(16-18)19(8-9-30-23)24(34)17-33-14-12-32(13-15-33)11-10-31-25(35)20-4-2-3-5-22(20)26(27,28)29;2*3-1(4)2(5)6/h2-9,16,24,34H,10-15,17H2,1H3,(H,31,35);2*(H,3,4)(H,5,6)/t24-;;/m0../s1. The number of carboxylic acids is 4.